The minimum absolute atomic E-state index is 0.214. The molecule has 0 unspecified atom stereocenters. The number of carboxylic acids is 1. The number of benzene rings is 2. The highest BCUT2D eigenvalue weighted by Crippen LogP contribution is 2.30. The van der Waals surface area contributed by atoms with E-state index in [1.807, 2.05) is 39.4 Å². The number of hydrogen-bond donors (Lipinski definition) is 1. The van der Waals surface area contributed by atoms with Crippen LogP contribution in [0.2, 0.25) is 0 Å². The molecule has 0 saturated heterocycles. The van der Waals surface area contributed by atoms with Crippen LogP contribution >= 0.6 is 0 Å². The van der Waals surface area contributed by atoms with E-state index < -0.39 is 5.97 Å². The van der Waals surface area contributed by atoms with Crippen LogP contribution in [0, 0.1) is 13.8 Å². The zero-order valence-electron chi connectivity index (χ0n) is 15.5. The van der Waals surface area contributed by atoms with Gasteiger partial charge in [-0.2, -0.15) is 5.10 Å². The zero-order valence-corrected chi connectivity index (χ0v) is 15.5. The Bertz CT molecular complexity index is 1150. The summed E-state index contributed by atoms with van der Waals surface area (Å²) in [5, 5.41) is 14.6. The molecule has 1 N–H and O–H groups in total. The van der Waals surface area contributed by atoms with E-state index in [2.05, 4.69) is 29.4 Å². The molecular weight excluding hydrogens is 340 g/mol. The van der Waals surface area contributed by atoms with Crippen LogP contribution < -0.4 is 0 Å². The molecule has 0 atom stereocenters. The second-order valence-corrected chi connectivity index (χ2v) is 6.89. The second kappa shape index (κ2) is 6.43. The van der Waals surface area contributed by atoms with E-state index in [4.69, 9.17) is 4.42 Å². The van der Waals surface area contributed by atoms with Crippen LogP contribution in [0.15, 0.2) is 53.2 Å². The summed E-state index contributed by atoms with van der Waals surface area (Å²) in [5.41, 5.74) is 6.03. The SMILES string of the molecule is Cc1cc2c(C)c(Cc3ccc(-c4cnn(C)c4)cc3)cc(C(=O)O)c2o1. The van der Waals surface area contributed by atoms with Crippen molar-refractivity contribution < 1.29 is 14.3 Å². The van der Waals surface area contributed by atoms with Gasteiger partial charge in [0.25, 0.3) is 0 Å². The van der Waals surface area contributed by atoms with Crippen LogP contribution in [-0.2, 0) is 13.5 Å². The minimum Gasteiger partial charge on any atom is -0.478 e. The van der Waals surface area contributed by atoms with Crippen LogP contribution in [0.4, 0.5) is 0 Å². The van der Waals surface area contributed by atoms with Crippen LogP contribution in [0.5, 0.6) is 0 Å². The van der Waals surface area contributed by atoms with Gasteiger partial charge in [0.15, 0.2) is 0 Å². The predicted molar refractivity (Wildman–Crippen MR) is 104 cm³/mol. The monoisotopic (exact) mass is 360 g/mol. The van der Waals surface area contributed by atoms with Crippen LogP contribution in [0.3, 0.4) is 0 Å². The molecule has 2 aromatic carbocycles. The lowest BCUT2D eigenvalue weighted by Crippen LogP contribution is -2.01. The molecule has 5 heteroatoms. The number of aromatic carboxylic acids is 1. The number of rotatable bonds is 4. The number of furan rings is 1. The fraction of sp³-hybridized carbons (Fsp3) is 0.182. The quantitative estimate of drug-likeness (QED) is 0.571. The summed E-state index contributed by atoms with van der Waals surface area (Å²) in [5.74, 6) is -0.254. The highest BCUT2D eigenvalue weighted by Gasteiger charge is 2.18. The fourth-order valence-electron chi connectivity index (χ4n) is 3.46. The topological polar surface area (TPSA) is 68.3 Å². The van der Waals surface area contributed by atoms with E-state index in [0.717, 1.165) is 33.2 Å². The highest BCUT2D eigenvalue weighted by atomic mass is 16.4. The molecule has 27 heavy (non-hydrogen) atoms. The Labute approximate surface area is 156 Å². The van der Waals surface area contributed by atoms with E-state index in [9.17, 15) is 9.90 Å². The van der Waals surface area contributed by atoms with Crippen molar-refractivity contribution >= 4 is 16.9 Å². The summed E-state index contributed by atoms with van der Waals surface area (Å²) in [4.78, 5) is 11.7. The lowest BCUT2D eigenvalue weighted by atomic mass is 9.94. The molecule has 0 bridgehead atoms. The molecule has 2 heterocycles. The first-order valence-electron chi connectivity index (χ1n) is 8.76. The first-order chi connectivity index (χ1) is 12.9. The molecule has 0 fully saturated rings. The summed E-state index contributed by atoms with van der Waals surface area (Å²) in [6.07, 6.45) is 4.49. The molecule has 0 radical (unpaired) electrons. The van der Waals surface area contributed by atoms with Crippen LogP contribution in [0.25, 0.3) is 22.1 Å². The molecular formula is C22H20N2O3. The third kappa shape index (κ3) is 3.12. The summed E-state index contributed by atoms with van der Waals surface area (Å²) in [7, 11) is 1.90. The summed E-state index contributed by atoms with van der Waals surface area (Å²) in [6, 6.07) is 11.9. The summed E-state index contributed by atoms with van der Waals surface area (Å²) in [6.45, 7) is 3.85. The molecule has 0 amide bonds. The molecule has 0 aliphatic rings. The molecule has 5 nitrogen and oxygen atoms in total. The average Bonchev–Trinajstić information content (AvgIpc) is 3.23. The average molecular weight is 360 g/mol. The number of carboxylic acid groups (broad SMARTS) is 1. The van der Waals surface area contributed by atoms with Crippen molar-refractivity contribution in [3.8, 4) is 11.1 Å². The molecule has 136 valence electrons. The third-order valence-corrected chi connectivity index (χ3v) is 4.92. The third-order valence-electron chi connectivity index (χ3n) is 4.92. The molecule has 2 aromatic heterocycles. The van der Waals surface area contributed by atoms with Gasteiger partial charge in [-0.1, -0.05) is 24.3 Å². The van der Waals surface area contributed by atoms with Gasteiger partial charge < -0.3 is 9.52 Å². The Balaban J connectivity index is 1.71. The van der Waals surface area contributed by atoms with Gasteiger partial charge in [-0.15, -0.1) is 0 Å². The number of nitrogens with zero attached hydrogens (tertiary/aromatic N) is 2. The van der Waals surface area contributed by atoms with Gasteiger partial charge in [0.1, 0.15) is 16.9 Å². The first-order valence-corrected chi connectivity index (χ1v) is 8.76. The van der Waals surface area contributed by atoms with Crippen molar-refractivity contribution in [1.29, 1.82) is 0 Å². The molecule has 0 spiro atoms. The Hall–Kier alpha value is -3.34. The van der Waals surface area contributed by atoms with Gasteiger partial charge in [0.2, 0.25) is 0 Å². The van der Waals surface area contributed by atoms with E-state index in [1.54, 1.807) is 10.7 Å². The Morgan fingerprint density at radius 1 is 1.15 bits per heavy atom. The lowest BCUT2D eigenvalue weighted by Gasteiger charge is -2.10. The fourth-order valence-corrected chi connectivity index (χ4v) is 3.46. The minimum atomic E-state index is -0.970. The summed E-state index contributed by atoms with van der Waals surface area (Å²) >= 11 is 0. The van der Waals surface area contributed by atoms with Gasteiger partial charge in [0.05, 0.1) is 6.20 Å². The predicted octanol–water partition coefficient (Wildman–Crippen LogP) is 4.74. The van der Waals surface area contributed by atoms with Gasteiger partial charge in [0, 0.05) is 24.2 Å². The Morgan fingerprint density at radius 2 is 1.89 bits per heavy atom. The highest BCUT2D eigenvalue weighted by molar-refractivity contribution is 6.02. The van der Waals surface area contributed by atoms with E-state index in [1.165, 1.54) is 0 Å². The molecule has 0 aliphatic carbocycles. The second-order valence-electron chi connectivity index (χ2n) is 6.89. The number of aryl methyl sites for hydroxylation is 3. The first kappa shape index (κ1) is 17.1. The van der Waals surface area contributed by atoms with Crippen LogP contribution in [0.1, 0.15) is 32.8 Å². The Morgan fingerprint density at radius 3 is 2.52 bits per heavy atom. The van der Waals surface area contributed by atoms with Crippen molar-refractivity contribution in [3.05, 3.63) is 76.8 Å². The maximum Gasteiger partial charge on any atom is 0.339 e. The van der Waals surface area contributed by atoms with Crippen molar-refractivity contribution in [3.63, 3.8) is 0 Å². The van der Waals surface area contributed by atoms with E-state index >= 15 is 0 Å². The van der Waals surface area contributed by atoms with Gasteiger partial charge in [-0.05, 0) is 54.7 Å². The number of fused-ring (bicyclic) bond motifs is 1. The lowest BCUT2D eigenvalue weighted by molar-refractivity contribution is 0.0697. The number of carbonyl (C=O) groups is 1. The number of hydrogen-bond acceptors (Lipinski definition) is 3. The van der Waals surface area contributed by atoms with E-state index in [0.29, 0.717) is 17.8 Å². The van der Waals surface area contributed by atoms with Crippen molar-refractivity contribution in [2.45, 2.75) is 20.3 Å². The van der Waals surface area contributed by atoms with Gasteiger partial charge in [-0.25, -0.2) is 4.79 Å². The van der Waals surface area contributed by atoms with Crippen molar-refractivity contribution in [2.24, 2.45) is 7.05 Å². The normalized spacial score (nSPS) is 11.2. The number of aromatic nitrogens is 2. The molecule has 0 aliphatic heterocycles. The molecule has 4 aromatic rings. The van der Waals surface area contributed by atoms with Gasteiger partial charge in [-0.3, -0.25) is 4.68 Å². The van der Waals surface area contributed by atoms with Gasteiger partial charge >= 0.3 is 5.97 Å². The largest absolute Gasteiger partial charge is 0.478 e. The maximum absolute atomic E-state index is 11.7. The van der Waals surface area contributed by atoms with Crippen molar-refractivity contribution in [2.75, 3.05) is 0 Å². The summed E-state index contributed by atoms with van der Waals surface area (Å²) < 4.78 is 7.40. The Kier molecular flexibility index (Phi) is 4.07. The smallest absolute Gasteiger partial charge is 0.339 e. The van der Waals surface area contributed by atoms with Crippen molar-refractivity contribution in [1.82, 2.24) is 9.78 Å². The molecule has 4 rings (SSSR count). The standard InChI is InChI=1S/C22H20N2O3/c1-13-8-19-14(2)17(10-20(22(25)26)21(19)27-13)9-15-4-6-16(7-5-15)18-11-23-24(3)12-18/h4-8,10-12H,9H2,1-3H3,(H,25,26). The van der Waals surface area contributed by atoms with E-state index in [-0.39, 0.29) is 5.56 Å². The van der Waals surface area contributed by atoms with Crippen LogP contribution in [-0.4, -0.2) is 20.9 Å². The maximum atomic E-state index is 11.7. The zero-order chi connectivity index (χ0) is 19.1. The molecule has 0 saturated carbocycles.